The van der Waals surface area contributed by atoms with Crippen LogP contribution in [0.2, 0.25) is 0 Å². The first-order chi connectivity index (χ1) is 9.70. The number of nitrogens with zero attached hydrogens (tertiary/aromatic N) is 1. The highest BCUT2D eigenvalue weighted by Gasteiger charge is 2.45. The summed E-state index contributed by atoms with van der Waals surface area (Å²) in [6.07, 6.45) is 7.35. The molecule has 4 atom stereocenters. The van der Waals surface area contributed by atoms with E-state index in [-0.39, 0.29) is 6.04 Å². The summed E-state index contributed by atoms with van der Waals surface area (Å²) in [6.45, 7) is 5.33. The highest BCUT2D eigenvalue weighted by Crippen LogP contribution is 2.45. The molecule has 0 aromatic carbocycles. The number of aromatic nitrogens is 1. The molecule has 4 unspecified atom stereocenters. The SMILES string of the molecule is CCCNC(c1c(C)ccnc1N)C1CC2CCC1O2. The molecule has 0 aliphatic carbocycles. The number of anilines is 1. The molecule has 3 rings (SSSR count). The predicted octanol–water partition coefficient (Wildman–Crippen LogP) is 2.58. The lowest BCUT2D eigenvalue weighted by Gasteiger charge is -2.31. The lowest BCUT2D eigenvalue weighted by Crippen LogP contribution is -2.35. The van der Waals surface area contributed by atoms with Crippen molar-refractivity contribution in [2.45, 2.75) is 57.8 Å². The van der Waals surface area contributed by atoms with Gasteiger partial charge in [-0.3, -0.25) is 0 Å². The molecule has 2 aliphatic rings. The van der Waals surface area contributed by atoms with Crippen molar-refractivity contribution in [3.05, 3.63) is 23.4 Å². The number of ether oxygens (including phenoxy) is 1. The van der Waals surface area contributed by atoms with Crippen LogP contribution in [0.4, 0.5) is 5.82 Å². The molecule has 1 aromatic heterocycles. The average Bonchev–Trinajstić information content (AvgIpc) is 3.04. The Morgan fingerprint density at radius 2 is 2.35 bits per heavy atom. The Kier molecular flexibility index (Phi) is 3.94. The smallest absolute Gasteiger partial charge is 0.128 e. The molecule has 2 fully saturated rings. The van der Waals surface area contributed by atoms with Gasteiger partial charge in [-0.1, -0.05) is 6.92 Å². The molecule has 0 spiro atoms. The van der Waals surface area contributed by atoms with Crippen LogP contribution in [-0.4, -0.2) is 23.7 Å². The molecule has 3 N–H and O–H groups in total. The maximum absolute atomic E-state index is 6.17. The number of rotatable bonds is 5. The fraction of sp³-hybridized carbons (Fsp3) is 0.688. The standard InChI is InChI=1S/C16H25N3O/c1-3-7-18-15(12-9-11-4-5-13(12)20-11)14-10(2)6-8-19-16(14)17/h6,8,11-13,15,18H,3-5,7,9H2,1-2H3,(H2,17,19). The van der Waals surface area contributed by atoms with Gasteiger partial charge in [0, 0.05) is 23.7 Å². The minimum atomic E-state index is 0.277. The zero-order valence-electron chi connectivity index (χ0n) is 12.4. The summed E-state index contributed by atoms with van der Waals surface area (Å²) in [5.74, 6) is 1.20. The van der Waals surface area contributed by atoms with E-state index in [2.05, 4.69) is 30.2 Å². The van der Waals surface area contributed by atoms with E-state index in [4.69, 9.17) is 10.5 Å². The van der Waals surface area contributed by atoms with Gasteiger partial charge in [-0.25, -0.2) is 4.98 Å². The van der Waals surface area contributed by atoms with E-state index in [1.54, 1.807) is 6.20 Å². The van der Waals surface area contributed by atoms with Gasteiger partial charge in [0.25, 0.3) is 0 Å². The van der Waals surface area contributed by atoms with Gasteiger partial charge in [-0.2, -0.15) is 0 Å². The largest absolute Gasteiger partial charge is 0.383 e. The van der Waals surface area contributed by atoms with Crippen LogP contribution in [0.1, 0.15) is 49.8 Å². The highest BCUT2D eigenvalue weighted by molar-refractivity contribution is 5.46. The molecule has 2 aliphatic heterocycles. The summed E-state index contributed by atoms with van der Waals surface area (Å²) >= 11 is 0. The Morgan fingerprint density at radius 1 is 1.50 bits per heavy atom. The van der Waals surface area contributed by atoms with Crippen molar-refractivity contribution in [3.63, 3.8) is 0 Å². The van der Waals surface area contributed by atoms with Crippen molar-refractivity contribution in [1.29, 1.82) is 0 Å². The van der Waals surface area contributed by atoms with Gasteiger partial charge in [0.1, 0.15) is 5.82 Å². The first kappa shape index (κ1) is 13.8. The van der Waals surface area contributed by atoms with Crippen LogP contribution in [0.3, 0.4) is 0 Å². The topological polar surface area (TPSA) is 60.2 Å². The number of pyridine rings is 1. The number of hydrogen-bond donors (Lipinski definition) is 2. The second-order valence-corrected chi connectivity index (χ2v) is 6.13. The minimum absolute atomic E-state index is 0.277. The summed E-state index contributed by atoms with van der Waals surface area (Å²) in [5, 5.41) is 3.69. The Bertz CT molecular complexity index is 457. The third kappa shape index (κ3) is 2.42. The second-order valence-electron chi connectivity index (χ2n) is 6.13. The molecular weight excluding hydrogens is 250 g/mol. The van der Waals surface area contributed by atoms with Gasteiger partial charge in [-0.05, 0) is 50.8 Å². The molecule has 110 valence electrons. The number of fused-ring (bicyclic) bond motifs is 2. The zero-order chi connectivity index (χ0) is 14.1. The van der Waals surface area contributed by atoms with Gasteiger partial charge in [0.2, 0.25) is 0 Å². The maximum Gasteiger partial charge on any atom is 0.128 e. The van der Waals surface area contributed by atoms with E-state index in [1.807, 2.05) is 0 Å². The predicted molar refractivity (Wildman–Crippen MR) is 80.4 cm³/mol. The average molecular weight is 275 g/mol. The number of nitrogens with one attached hydrogen (secondary N) is 1. The van der Waals surface area contributed by atoms with Crippen LogP contribution in [0.25, 0.3) is 0 Å². The van der Waals surface area contributed by atoms with Crippen LogP contribution in [0.5, 0.6) is 0 Å². The first-order valence-electron chi connectivity index (χ1n) is 7.80. The Hall–Kier alpha value is -1.13. The van der Waals surface area contributed by atoms with E-state index >= 15 is 0 Å². The summed E-state index contributed by atoms with van der Waals surface area (Å²) in [4.78, 5) is 4.30. The van der Waals surface area contributed by atoms with Gasteiger partial charge < -0.3 is 15.8 Å². The van der Waals surface area contributed by atoms with E-state index < -0.39 is 0 Å². The lowest BCUT2D eigenvalue weighted by molar-refractivity contribution is 0.0856. The van der Waals surface area contributed by atoms with Crippen molar-refractivity contribution in [2.75, 3.05) is 12.3 Å². The van der Waals surface area contributed by atoms with Gasteiger partial charge in [0.05, 0.1) is 12.2 Å². The maximum atomic E-state index is 6.17. The molecule has 1 aromatic rings. The lowest BCUT2D eigenvalue weighted by atomic mass is 9.80. The number of hydrogen-bond acceptors (Lipinski definition) is 4. The van der Waals surface area contributed by atoms with Gasteiger partial charge in [-0.15, -0.1) is 0 Å². The molecule has 4 heteroatoms. The van der Waals surface area contributed by atoms with E-state index in [1.165, 1.54) is 24.0 Å². The van der Waals surface area contributed by atoms with E-state index in [0.717, 1.165) is 19.4 Å². The molecule has 2 saturated heterocycles. The molecule has 3 heterocycles. The summed E-state index contributed by atoms with van der Waals surface area (Å²) in [7, 11) is 0. The monoisotopic (exact) mass is 275 g/mol. The molecule has 0 saturated carbocycles. The van der Waals surface area contributed by atoms with Crippen LogP contribution in [0.15, 0.2) is 12.3 Å². The third-order valence-corrected chi connectivity index (χ3v) is 4.75. The summed E-state index contributed by atoms with van der Waals surface area (Å²) < 4.78 is 6.05. The normalized spacial score (nSPS) is 29.8. The molecule has 2 bridgehead atoms. The third-order valence-electron chi connectivity index (χ3n) is 4.75. The van der Waals surface area contributed by atoms with Crippen LogP contribution in [0, 0.1) is 12.8 Å². The van der Waals surface area contributed by atoms with Gasteiger partial charge in [0.15, 0.2) is 0 Å². The van der Waals surface area contributed by atoms with Crippen molar-refractivity contribution in [3.8, 4) is 0 Å². The molecule has 4 nitrogen and oxygen atoms in total. The van der Waals surface area contributed by atoms with Crippen molar-refractivity contribution in [2.24, 2.45) is 5.92 Å². The molecule has 0 amide bonds. The fourth-order valence-electron chi connectivity index (χ4n) is 3.79. The summed E-state index contributed by atoms with van der Waals surface area (Å²) in [5.41, 5.74) is 8.58. The van der Waals surface area contributed by atoms with E-state index in [9.17, 15) is 0 Å². The second kappa shape index (κ2) is 5.70. The van der Waals surface area contributed by atoms with Crippen LogP contribution in [-0.2, 0) is 4.74 Å². The fourth-order valence-corrected chi connectivity index (χ4v) is 3.79. The summed E-state index contributed by atoms with van der Waals surface area (Å²) in [6, 6.07) is 2.33. The van der Waals surface area contributed by atoms with E-state index in [0.29, 0.717) is 23.9 Å². The number of aryl methyl sites for hydroxylation is 1. The van der Waals surface area contributed by atoms with Gasteiger partial charge >= 0.3 is 0 Å². The minimum Gasteiger partial charge on any atom is -0.383 e. The zero-order valence-corrected chi connectivity index (χ0v) is 12.4. The van der Waals surface area contributed by atoms with Crippen molar-refractivity contribution >= 4 is 5.82 Å². The molecule has 0 radical (unpaired) electrons. The Balaban J connectivity index is 1.90. The van der Waals surface area contributed by atoms with Crippen molar-refractivity contribution in [1.82, 2.24) is 10.3 Å². The Morgan fingerprint density at radius 3 is 2.95 bits per heavy atom. The molecular formula is C16H25N3O. The van der Waals surface area contributed by atoms with Crippen LogP contribution >= 0.6 is 0 Å². The number of nitrogen functional groups attached to an aromatic ring is 1. The highest BCUT2D eigenvalue weighted by atomic mass is 16.5. The molecule has 20 heavy (non-hydrogen) atoms. The van der Waals surface area contributed by atoms with Crippen LogP contribution < -0.4 is 11.1 Å². The quantitative estimate of drug-likeness (QED) is 0.867. The first-order valence-corrected chi connectivity index (χ1v) is 7.80. The Labute approximate surface area is 121 Å². The van der Waals surface area contributed by atoms with Crippen molar-refractivity contribution < 1.29 is 4.74 Å². The number of nitrogens with two attached hydrogens (primary N) is 1.